The SMILES string of the molecule is O=c1[nH]cc2cc1CCc1cccc(c1)CC2. The molecule has 0 unspecified atom stereocenters. The first-order chi connectivity index (χ1) is 8.31. The highest BCUT2D eigenvalue weighted by atomic mass is 16.1. The van der Waals surface area contributed by atoms with Crippen LogP contribution in [0.4, 0.5) is 0 Å². The van der Waals surface area contributed by atoms with E-state index >= 15 is 0 Å². The lowest BCUT2D eigenvalue weighted by atomic mass is 9.97. The molecular formula is C15H15NO. The zero-order valence-corrected chi connectivity index (χ0v) is 9.70. The van der Waals surface area contributed by atoms with Gasteiger partial charge in [0.05, 0.1) is 0 Å². The summed E-state index contributed by atoms with van der Waals surface area (Å²) in [7, 11) is 0. The van der Waals surface area contributed by atoms with Crippen LogP contribution in [0.25, 0.3) is 0 Å². The lowest BCUT2D eigenvalue weighted by molar-refractivity contribution is 0.879. The number of nitrogens with one attached hydrogen (secondary N) is 1. The third-order valence-electron chi connectivity index (χ3n) is 3.42. The number of pyridine rings is 1. The first-order valence-electron chi connectivity index (χ1n) is 6.09. The van der Waals surface area contributed by atoms with E-state index in [0.717, 1.165) is 31.2 Å². The van der Waals surface area contributed by atoms with E-state index in [1.807, 2.05) is 6.20 Å². The predicted octanol–water partition coefficient (Wildman–Crippen LogP) is 2.26. The van der Waals surface area contributed by atoms with Crippen molar-refractivity contribution >= 4 is 0 Å². The molecule has 86 valence electrons. The minimum Gasteiger partial charge on any atom is -0.329 e. The quantitative estimate of drug-likeness (QED) is 0.733. The molecule has 0 radical (unpaired) electrons. The number of H-pyrrole nitrogens is 1. The van der Waals surface area contributed by atoms with Gasteiger partial charge in [-0.1, -0.05) is 24.3 Å². The van der Waals surface area contributed by atoms with Crippen LogP contribution in [-0.4, -0.2) is 4.98 Å². The Balaban J connectivity index is 2.03. The molecule has 2 heteroatoms. The van der Waals surface area contributed by atoms with E-state index in [0.29, 0.717) is 0 Å². The summed E-state index contributed by atoms with van der Waals surface area (Å²) in [6.45, 7) is 0. The van der Waals surface area contributed by atoms with Crippen molar-refractivity contribution in [1.29, 1.82) is 0 Å². The zero-order chi connectivity index (χ0) is 11.7. The summed E-state index contributed by atoms with van der Waals surface area (Å²) in [6, 6.07) is 10.8. The fourth-order valence-corrected chi connectivity index (χ4v) is 2.42. The van der Waals surface area contributed by atoms with Gasteiger partial charge < -0.3 is 4.98 Å². The Kier molecular flexibility index (Phi) is 2.56. The van der Waals surface area contributed by atoms with Crippen molar-refractivity contribution in [2.45, 2.75) is 25.7 Å². The van der Waals surface area contributed by atoms with Crippen molar-refractivity contribution in [3.63, 3.8) is 0 Å². The standard InChI is InChI=1S/C15H15NO/c17-15-14-7-6-12-3-1-2-11(8-12)4-5-13(9-14)10-16-15/h1-3,8-10H,4-7H2,(H,16,17). The van der Waals surface area contributed by atoms with Crippen LogP contribution in [0.5, 0.6) is 0 Å². The van der Waals surface area contributed by atoms with Crippen LogP contribution in [-0.2, 0) is 25.7 Å². The minimum atomic E-state index is 0.0606. The minimum absolute atomic E-state index is 0.0606. The van der Waals surface area contributed by atoms with Gasteiger partial charge in [-0.25, -0.2) is 0 Å². The second-order valence-corrected chi connectivity index (χ2v) is 4.68. The molecule has 0 saturated carbocycles. The van der Waals surface area contributed by atoms with Crippen molar-refractivity contribution in [3.8, 4) is 0 Å². The van der Waals surface area contributed by atoms with Crippen LogP contribution < -0.4 is 5.56 Å². The van der Waals surface area contributed by atoms with Gasteiger partial charge in [-0.2, -0.15) is 0 Å². The summed E-state index contributed by atoms with van der Waals surface area (Å²) in [5, 5.41) is 0. The number of aromatic nitrogens is 1. The van der Waals surface area contributed by atoms with Gasteiger partial charge in [-0.15, -0.1) is 0 Å². The highest BCUT2D eigenvalue weighted by molar-refractivity contribution is 5.28. The highest BCUT2D eigenvalue weighted by Gasteiger charge is 2.06. The van der Waals surface area contributed by atoms with E-state index in [1.165, 1.54) is 16.7 Å². The molecule has 0 spiro atoms. The van der Waals surface area contributed by atoms with Crippen LogP contribution in [0.15, 0.2) is 41.3 Å². The van der Waals surface area contributed by atoms with Crippen molar-refractivity contribution in [1.82, 2.24) is 4.98 Å². The molecule has 0 atom stereocenters. The molecule has 1 aliphatic rings. The lowest BCUT2D eigenvalue weighted by Gasteiger charge is -2.10. The molecule has 1 aliphatic carbocycles. The van der Waals surface area contributed by atoms with Crippen LogP contribution >= 0.6 is 0 Å². The smallest absolute Gasteiger partial charge is 0.251 e. The molecule has 2 nitrogen and oxygen atoms in total. The predicted molar refractivity (Wildman–Crippen MR) is 68.3 cm³/mol. The fourth-order valence-electron chi connectivity index (χ4n) is 2.42. The second-order valence-electron chi connectivity index (χ2n) is 4.68. The maximum atomic E-state index is 11.7. The number of benzene rings is 1. The van der Waals surface area contributed by atoms with E-state index in [1.54, 1.807) is 0 Å². The van der Waals surface area contributed by atoms with Crippen molar-refractivity contribution in [2.75, 3.05) is 0 Å². The number of fused-ring (bicyclic) bond motifs is 4. The molecule has 0 fully saturated rings. The molecule has 3 rings (SSSR count). The number of hydrogen-bond donors (Lipinski definition) is 1. The van der Waals surface area contributed by atoms with Gasteiger partial charge in [-0.3, -0.25) is 4.79 Å². The van der Waals surface area contributed by atoms with E-state index in [9.17, 15) is 4.79 Å². The maximum absolute atomic E-state index is 11.7. The average Bonchev–Trinajstić information content (AvgIpc) is 2.36. The average molecular weight is 225 g/mol. The van der Waals surface area contributed by atoms with Gasteiger partial charge in [-0.05, 0) is 48.4 Å². The van der Waals surface area contributed by atoms with Crippen LogP contribution in [0.1, 0.15) is 22.3 Å². The summed E-state index contributed by atoms with van der Waals surface area (Å²) in [4.78, 5) is 14.5. The normalized spacial score (nSPS) is 14.4. The van der Waals surface area contributed by atoms with Gasteiger partial charge >= 0.3 is 0 Å². The first kappa shape index (κ1) is 10.3. The molecule has 0 aliphatic heterocycles. The molecule has 17 heavy (non-hydrogen) atoms. The van der Waals surface area contributed by atoms with Gasteiger partial charge in [0.15, 0.2) is 0 Å². The Morgan fingerprint density at radius 1 is 0.882 bits per heavy atom. The Morgan fingerprint density at radius 3 is 2.41 bits per heavy atom. The Labute approximate surface area is 100 Å². The van der Waals surface area contributed by atoms with Crippen LogP contribution in [0.2, 0.25) is 0 Å². The topological polar surface area (TPSA) is 32.9 Å². The largest absolute Gasteiger partial charge is 0.329 e. The summed E-state index contributed by atoms with van der Waals surface area (Å²) in [5.74, 6) is 0. The van der Waals surface area contributed by atoms with Gasteiger partial charge in [0, 0.05) is 11.8 Å². The highest BCUT2D eigenvalue weighted by Crippen LogP contribution is 2.14. The first-order valence-corrected chi connectivity index (χ1v) is 6.09. The zero-order valence-electron chi connectivity index (χ0n) is 9.70. The summed E-state index contributed by atoms with van der Waals surface area (Å²) < 4.78 is 0. The van der Waals surface area contributed by atoms with Crippen molar-refractivity contribution in [2.24, 2.45) is 0 Å². The number of rotatable bonds is 0. The Morgan fingerprint density at radius 2 is 1.59 bits per heavy atom. The van der Waals surface area contributed by atoms with Gasteiger partial charge in [0.1, 0.15) is 0 Å². The van der Waals surface area contributed by atoms with Gasteiger partial charge in [0.25, 0.3) is 5.56 Å². The third kappa shape index (κ3) is 2.16. The van der Waals surface area contributed by atoms with E-state index in [4.69, 9.17) is 0 Å². The lowest BCUT2D eigenvalue weighted by Crippen LogP contribution is -2.14. The molecular weight excluding hydrogens is 210 g/mol. The molecule has 1 aromatic heterocycles. The maximum Gasteiger partial charge on any atom is 0.251 e. The molecule has 0 amide bonds. The monoisotopic (exact) mass is 225 g/mol. The Bertz CT molecular complexity index is 598. The van der Waals surface area contributed by atoms with Crippen molar-refractivity contribution < 1.29 is 0 Å². The summed E-state index contributed by atoms with van der Waals surface area (Å²) in [5.41, 5.74) is 4.92. The molecule has 1 N–H and O–H groups in total. The fraction of sp³-hybridized carbons (Fsp3) is 0.267. The molecule has 1 heterocycles. The van der Waals surface area contributed by atoms with E-state index in [2.05, 4.69) is 35.3 Å². The number of hydrogen-bond acceptors (Lipinski definition) is 1. The number of aromatic amines is 1. The van der Waals surface area contributed by atoms with Crippen LogP contribution in [0, 0.1) is 0 Å². The van der Waals surface area contributed by atoms with Crippen LogP contribution in [0.3, 0.4) is 0 Å². The number of aryl methyl sites for hydroxylation is 4. The van der Waals surface area contributed by atoms with Crippen molar-refractivity contribution in [3.05, 3.63) is 69.1 Å². The molecule has 2 aromatic rings. The van der Waals surface area contributed by atoms with Gasteiger partial charge in [0.2, 0.25) is 0 Å². The third-order valence-corrected chi connectivity index (χ3v) is 3.42. The summed E-state index contributed by atoms with van der Waals surface area (Å²) in [6.07, 6.45) is 5.65. The van der Waals surface area contributed by atoms with E-state index < -0.39 is 0 Å². The molecule has 1 aromatic carbocycles. The molecule has 4 bridgehead atoms. The summed E-state index contributed by atoms with van der Waals surface area (Å²) >= 11 is 0. The Hall–Kier alpha value is -1.83. The molecule has 0 saturated heterocycles. The van der Waals surface area contributed by atoms with E-state index in [-0.39, 0.29) is 5.56 Å². The second kappa shape index (κ2) is 4.21.